The molecule has 10 N–H and O–H groups in total. The van der Waals surface area contributed by atoms with Crippen LogP contribution in [0.4, 0.5) is 17.6 Å². The Morgan fingerprint density at radius 2 is 1.41 bits per heavy atom. The van der Waals surface area contributed by atoms with Crippen LogP contribution in [0.5, 0.6) is 6.01 Å². The highest BCUT2D eigenvalue weighted by molar-refractivity contribution is 5.84. The van der Waals surface area contributed by atoms with Gasteiger partial charge in [-0.3, -0.25) is 4.57 Å². The third-order valence-corrected chi connectivity index (χ3v) is 7.68. The Labute approximate surface area is 267 Å². The summed E-state index contributed by atoms with van der Waals surface area (Å²) in [5, 5.41) is 32.4. The minimum absolute atomic E-state index is 0. The van der Waals surface area contributed by atoms with Crippen LogP contribution in [0, 0.1) is 5.92 Å². The number of nitrogens with one attached hydrogen (secondary N) is 1. The predicted octanol–water partition coefficient (Wildman–Crippen LogP) is 0.802. The summed E-state index contributed by atoms with van der Waals surface area (Å²) in [6.07, 6.45) is -0.517. The van der Waals surface area contributed by atoms with Gasteiger partial charge in [-0.2, -0.15) is 4.98 Å². The fraction of sp³-hybridized carbons (Fsp3) is 0.643. The first kappa shape index (κ1) is 36.5. The van der Waals surface area contributed by atoms with Crippen molar-refractivity contribution in [1.82, 2.24) is 39.0 Å². The standard InChI is InChI=1S/C12H18N6O4.C12H15N5O2.C2H7N.2CH4/c1-2-14-12-17-6-9(13)15-4-16-10(6)18(12)11-8(21)7(20)5(3-19)22-11;1-3-6-5(2)8-11(18-6)17-10-7(16-12(17)19-8)9(13)14-4-15-10;1-2-3;;/h4-5,7-8,11,19-21H,2-3H2,1H3,(H,14,17)(H2,13,15,16);4-6,8,11H,3H2,1-2H3,(H2,13,14,15);2-3H2,1H3;2*1H4/t5-,7-,8+,11-;5-,6-,8+,11-;;;/m11.../s1. The maximum atomic E-state index is 10.2. The molecular formula is C28H48N12O6. The van der Waals surface area contributed by atoms with E-state index in [1.807, 2.05) is 18.4 Å². The Balaban J connectivity index is 0.000000223. The number of aliphatic hydroxyl groups excluding tert-OH is 3. The maximum Gasteiger partial charge on any atom is 0.301 e. The van der Waals surface area contributed by atoms with Crippen LogP contribution in [0.2, 0.25) is 0 Å². The van der Waals surface area contributed by atoms with Crippen molar-refractivity contribution in [2.75, 3.05) is 36.5 Å². The third-order valence-electron chi connectivity index (χ3n) is 7.68. The summed E-state index contributed by atoms with van der Waals surface area (Å²) in [6.45, 7) is 8.97. The van der Waals surface area contributed by atoms with Crippen molar-refractivity contribution in [1.29, 1.82) is 0 Å². The number of aromatic nitrogens is 8. The smallest absolute Gasteiger partial charge is 0.301 e. The number of imidazole rings is 2. The van der Waals surface area contributed by atoms with Crippen molar-refractivity contribution in [2.45, 2.75) is 91.9 Å². The number of fused-ring (bicyclic) bond motifs is 6. The van der Waals surface area contributed by atoms with Gasteiger partial charge < -0.3 is 52.0 Å². The number of nitrogen functional groups attached to an aromatic ring is 2. The number of hydrogen-bond donors (Lipinski definition) is 7. The van der Waals surface area contributed by atoms with Crippen LogP contribution in [0.1, 0.15) is 61.4 Å². The summed E-state index contributed by atoms with van der Waals surface area (Å²) >= 11 is 0. The Hall–Kier alpha value is -3.94. The molecule has 3 aliphatic rings. The van der Waals surface area contributed by atoms with Gasteiger partial charge in [0.25, 0.3) is 0 Å². The van der Waals surface area contributed by atoms with Crippen molar-refractivity contribution in [3.8, 4) is 6.01 Å². The molecule has 3 aliphatic heterocycles. The van der Waals surface area contributed by atoms with E-state index in [1.165, 1.54) is 17.2 Å². The lowest BCUT2D eigenvalue weighted by Gasteiger charge is -2.19. The molecule has 0 radical (unpaired) electrons. The number of nitrogens with zero attached hydrogens (tertiary/aromatic N) is 8. The highest BCUT2D eigenvalue weighted by Crippen LogP contribution is 2.46. The summed E-state index contributed by atoms with van der Waals surface area (Å²) in [6, 6.07) is 0.526. The second-order valence-corrected chi connectivity index (χ2v) is 10.5. The zero-order valence-corrected chi connectivity index (χ0v) is 25.0. The average molecular weight is 649 g/mol. The molecule has 18 nitrogen and oxygen atoms in total. The quantitative estimate of drug-likeness (QED) is 0.158. The van der Waals surface area contributed by atoms with Gasteiger partial charge in [-0.15, -0.1) is 0 Å². The maximum absolute atomic E-state index is 10.2. The largest absolute Gasteiger partial charge is 0.456 e. The summed E-state index contributed by atoms with van der Waals surface area (Å²) < 4.78 is 20.9. The molecule has 4 aromatic heterocycles. The highest BCUT2D eigenvalue weighted by Gasteiger charge is 2.50. The first-order valence-corrected chi connectivity index (χ1v) is 14.6. The molecule has 46 heavy (non-hydrogen) atoms. The van der Waals surface area contributed by atoms with Crippen LogP contribution in [-0.4, -0.2) is 105 Å². The molecule has 0 spiro atoms. The molecule has 7 heterocycles. The highest BCUT2D eigenvalue weighted by atomic mass is 16.6. The van der Waals surface area contributed by atoms with Crippen molar-refractivity contribution in [3.63, 3.8) is 0 Å². The van der Waals surface area contributed by atoms with E-state index in [9.17, 15) is 15.3 Å². The molecule has 0 amide bonds. The fourth-order valence-electron chi connectivity index (χ4n) is 5.58. The van der Waals surface area contributed by atoms with Gasteiger partial charge in [0.05, 0.1) is 12.7 Å². The van der Waals surface area contributed by atoms with Crippen LogP contribution in [-0.2, 0) is 9.47 Å². The number of nitrogens with two attached hydrogens (primary N) is 3. The normalized spacial score (nSPS) is 27.3. The monoisotopic (exact) mass is 648 g/mol. The van der Waals surface area contributed by atoms with Crippen LogP contribution in [0.25, 0.3) is 22.3 Å². The SMILES string of the molecule is C.C.CCN.CCNc1nc2c(N)ncnc2n1[C@@H]1O[C@H](CO)[C@@H](O)[C@@H]1O.CC[C@H]1O[C@@H]2[C@@H](Oc3nc4c(N)ncnc4n32)[C@@H]1C. The van der Waals surface area contributed by atoms with Crippen LogP contribution >= 0.6 is 0 Å². The summed E-state index contributed by atoms with van der Waals surface area (Å²) in [5.41, 5.74) is 18.5. The van der Waals surface area contributed by atoms with Gasteiger partial charge in [-0.1, -0.05) is 35.6 Å². The molecule has 0 aromatic carbocycles. The number of anilines is 3. The van der Waals surface area contributed by atoms with E-state index >= 15 is 0 Å². The molecule has 18 heteroatoms. The van der Waals surface area contributed by atoms with Gasteiger partial charge in [0.1, 0.15) is 31.0 Å². The molecule has 8 atom stereocenters. The van der Waals surface area contributed by atoms with E-state index in [0.717, 1.165) is 13.0 Å². The van der Waals surface area contributed by atoms with Gasteiger partial charge in [-0.25, -0.2) is 29.5 Å². The number of ether oxygens (including phenoxy) is 3. The summed E-state index contributed by atoms with van der Waals surface area (Å²) in [4.78, 5) is 24.9. The molecule has 2 saturated heterocycles. The van der Waals surface area contributed by atoms with Crippen molar-refractivity contribution < 1.29 is 29.5 Å². The number of aliphatic hydroxyl groups is 3. The van der Waals surface area contributed by atoms with Gasteiger partial charge >= 0.3 is 6.01 Å². The molecule has 0 aliphatic carbocycles. The van der Waals surface area contributed by atoms with Crippen molar-refractivity contribution in [2.24, 2.45) is 11.7 Å². The second kappa shape index (κ2) is 15.1. The lowest BCUT2D eigenvalue weighted by Crippen LogP contribution is -2.33. The van der Waals surface area contributed by atoms with E-state index in [1.54, 1.807) is 0 Å². The van der Waals surface area contributed by atoms with Gasteiger partial charge in [0.2, 0.25) is 5.95 Å². The molecule has 0 saturated carbocycles. The lowest BCUT2D eigenvalue weighted by atomic mass is 9.99. The zero-order valence-electron chi connectivity index (χ0n) is 25.0. The van der Waals surface area contributed by atoms with Gasteiger partial charge in [0.15, 0.2) is 52.5 Å². The molecule has 0 bridgehead atoms. The fourth-order valence-corrected chi connectivity index (χ4v) is 5.58. The minimum Gasteiger partial charge on any atom is -0.456 e. The van der Waals surface area contributed by atoms with Crippen molar-refractivity contribution in [3.05, 3.63) is 12.7 Å². The van der Waals surface area contributed by atoms with Crippen LogP contribution < -0.4 is 27.3 Å². The van der Waals surface area contributed by atoms with Gasteiger partial charge in [0, 0.05) is 12.5 Å². The van der Waals surface area contributed by atoms with Crippen LogP contribution in [0.3, 0.4) is 0 Å². The molecule has 2 fully saturated rings. The molecular weight excluding hydrogens is 600 g/mol. The third kappa shape index (κ3) is 6.23. The molecule has 256 valence electrons. The average Bonchev–Trinajstić information content (AvgIpc) is 3.78. The van der Waals surface area contributed by atoms with Gasteiger partial charge in [-0.05, 0) is 19.9 Å². The Bertz CT molecular complexity index is 1580. The predicted molar refractivity (Wildman–Crippen MR) is 173 cm³/mol. The minimum atomic E-state index is -1.23. The molecule has 4 aromatic rings. The molecule has 0 unspecified atom stereocenters. The summed E-state index contributed by atoms with van der Waals surface area (Å²) in [5.74, 6) is 1.30. The number of rotatable bonds is 5. The van der Waals surface area contributed by atoms with Crippen molar-refractivity contribution >= 4 is 39.9 Å². The molecule has 7 rings (SSSR count). The Morgan fingerprint density at radius 3 is 1.96 bits per heavy atom. The first-order valence-electron chi connectivity index (χ1n) is 14.6. The van der Waals surface area contributed by atoms with E-state index in [4.69, 9.17) is 31.4 Å². The van der Waals surface area contributed by atoms with E-state index in [2.05, 4.69) is 49.1 Å². The Kier molecular flexibility index (Phi) is 12.0. The van der Waals surface area contributed by atoms with E-state index < -0.39 is 31.1 Å². The topological polar surface area (TPSA) is 266 Å². The second-order valence-electron chi connectivity index (χ2n) is 10.5. The lowest BCUT2D eigenvalue weighted by molar-refractivity contribution is -0.0501. The Morgan fingerprint density at radius 1 is 0.848 bits per heavy atom. The number of hydrogen-bond acceptors (Lipinski definition) is 16. The van der Waals surface area contributed by atoms with Crippen LogP contribution in [0.15, 0.2) is 12.7 Å². The van der Waals surface area contributed by atoms with E-state index in [0.29, 0.717) is 52.6 Å². The first-order chi connectivity index (χ1) is 21.2. The van der Waals surface area contributed by atoms with E-state index in [-0.39, 0.29) is 39.1 Å². The summed E-state index contributed by atoms with van der Waals surface area (Å²) in [7, 11) is 0. The zero-order chi connectivity index (χ0) is 31.7.